The summed E-state index contributed by atoms with van der Waals surface area (Å²) in [6.45, 7) is 1.88. The largest absolute Gasteiger partial charge is 0.349 e. The van der Waals surface area contributed by atoms with Crippen LogP contribution in [0.1, 0.15) is 37.9 Å². The van der Waals surface area contributed by atoms with Gasteiger partial charge < -0.3 is 4.74 Å². The van der Waals surface area contributed by atoms with Gasteiger partial charge in [-0.05, 0) is 30.2 Å². The molecule has 3 atom stereocenters. The summed E-state index contributed by atoms with van der Waals surface area (Å²) in [5.74, 6) is -4.36. The molecule has 1 aliphatic carbocycles. The summed E-state index contributed by atoms with van der Waals surface area (Å²) in [4.78, 5) is 56.0. The lowest BCUT2D eigenvalue weighted by atomic mass is 9.77. The van der Waals surface area contributed by atoms with E-state index in [1.54, 1.807) is 54.6 Å². The maximum Gasteiger partial charge on any atom is 0.241 e. The Morgan fingerprint density at radius 2 is 1.30 bits per heavy atom. The van der Waals surface area contributed by atoms with Crippen LogP contribution in [0.2, 0.25) is 0 Å². The van der Waals surface area contributed by atoms with Gasteiger partial charge in [0.1, 0.15) is 0 Å². The molecule has 0 aromatic heterocycles. The average Bonchev–Trinajstić information content (AvgIpc) is 3.40. The molecule has 2 amide bonds. The standard InChI is InChI=1S/C27H19NO5/c1-15-9-5-6-12-17(15)22-20-21(26(32)28(25(20)31)16-10-3-2-4-11-16)27(33-22)23(29)18-13-7-8-14-19(18)24(27)30/h2-14,20-22H,1H3/t20-,21-,22-/m1/s1. The molecule has 3 aromatic rings. The Labute approximate surface area is 189 Å². The Morgan fingerprint density at radius 3 is 1.94 bits per heavy atom. The predicted octanol–water partition coefficient (Wildman–Crippen LogP) is 3.69. The molecule has 6 heteroatoms. The van der Waals surface area contributed by atoms with Gasteiger partial charge in [0.2, 0.25) is 29.0 Å². The molecule has 6 rings (SSSR count). The van der Waals surface area contributed by atoms with E-state index in [0.29, 0.717) is 11.3 Å². The fourth-order valence-electron chi connectivity index (χ4n) is 5.54. The Bertz CT molecular complexity index is 1330. The maximum atomic E-state index is 13.8. The number of rotatable bonds is 2. The monoisotopic (exact) mass is 437 g/mol. The molecule has 33 heavy (non-hydrogen) atoms. The van der Waals surface area contributed by atoms with Crippen molar-refractivity contribution in [3.05, 3.63) is 101 Å². The number of imide groups is 1. The Kier molecular flexibility index (Phi) is 4.07. The second-order valence-corrected chi connectivity index (χ2v) is 8.69. The van der Waals surface area contributed by atoms with Crippen LogP contribution >= 0.6 is 0 Å². The van der Waals surface area contributed by atoms with Crippen LogP contribution in [0.15, 0.2) is 78.9 Å². The van der Waals surface area contributed by atoms with Crippen molar-refractivity contribution in [3.8, 4) is 0 Å². The first-order valence-corrected chi connectivity index (χ1v) is 10.8. The summed E-state index contributed by atoms with van der Waals surface area (Å²) in [5, 5.41) is 0. The molecule has 0 unspecified atom stereocenters. The summed E-state index contributed by atoms with van der Waals surface area (Å²) in [7, 11) is 0. The molecule has 0 N–H and O–H groups in total. The van der Waals surface area contributed by atoms with Crippen molar-refractivity contribution in [2.24, 2.45) is 11.8 Å². The molecule has 2 fully saturated rings. The van der Waals surface area contributed by atoms with Crippen molar-refractivity contribution in [3.63, 3.8) is 0 Å². The molecule has 3 aromatic carbocycles. The van der Waals surface area contributed by atoms with Crippen molar-refractivity contribution < 1.29 is 23.9 Å². The van der Waals surface area contributed by atoms with Crippen molar-refractivity contribution in [1.29, 1.82) is 0 Å². The van der Waals surface area contributed by atoms with E-state index in [0.717, 1.165) is 10.5 Å². The first kappa shape index (κ1) is 19.8. The van der Waals surface area contributed by atoms with Gasteiger partial charge >= 0.3 is 0 Å². The number of nitrogens with zero attached hydrogens (tertiary/aromatic N) is 1. The van der Waals surface area contributed by atoms with Crippen LogP contribution < -0.4 is 4.90 Å². The number of ether oxygens (including phenoxy) is 1. The van der Waals surface area contributed by atoms with Crippen LogP contribution in [0, 0.1) is 18.8 Å². The van der Waals surface area contributed by atoms with E-state index < -0.39 is 46.9 Å². The Hall–Kier alpha value is -3.90. The van der Waals surface area contributed by atoms with Crippen LogP contribution in [-0.2, 0) is 14.3 Å². The fourth-order valence-corrected chi connectivity index (χ4v) is 5.54. The quantitative estimate of drug-likeness (QED) is 0.451. The number of carbonyl (C=O) groups excluding carboxylic acids is 4. The SMILES string of the molecule is Cc1ccccc1[C@H]1OC2(C(=O)c3ccccc3C2=O)[C@H]2C(=O)N(c3ccccc3)C(=O)[C@@H]12. The lowest BCUT2D eigenvalue weighted by molar-refractivity contribution is -0.127. The van der Waals surface area contributed by atoms with Gasteiger partial charge in [-0.1, -0.05) is 66.7 Å². The van der Waals surface area contributed by atoms with Crippen molar-refractivity contribution in [2.75, 3.05) is 4.90 Å². The van der Waals surface area contributed by atoms with E-state index in [4.69, 9.17) is 4.74 Å². The second kappa shape index (κ2) is 6.80. The molecule has 0 radical (unpaired) electrons. The van der Waals surface area contributed by atoms with Gasteiger partial charge in [-0.2, -0.15) is 0 Å². The zero-order chi connectivity index (χ0) is 22.9. The van der Waals surface area contributed by atoms with Gasteiger partial charge in [0.05, 0.1) is 23.6 Å². The number of para-hydroxylation sites is 1. The summed E-state index contributed by atoms with van der Waals surface area (Å²) in [6.07, 6.45) is -0.899. The summed E-state index contributed by atoms with van der Waals surface area (Å²) >= 11 is 0. The predicted molar refractivity (Wildman–Crippen MR) is 119 cm³/mol. The minimum absolute atomic E-state index is 0.227. The lowest BCUT2D eigenvalue weighted by Crippen LogP contribution is -2.51. The maximum absolute atomic E-state index is 13.8. The molecule has 2 heterocycles. The average molecular weight is 437 g/mol. The number of ketones is 2. The minimum Gasteiger partial charge on any atom is -0.349 e. The van der Waals surface area contributed by atoms with Gasteiger partial charge in [0, 0.05) is 11.1 Å². The zero-order valence-corrected chi connectivity index (χ0v) is 17.7. The first-order valence-electron chi connectivity index (χ1n) is 10.8. The van der Waals surface area contributed by atoms with E-state index >= 15 is 0 Å². The summed E-state index contributed by atoms with van der Waals surface area (Å²) in [5.41, 5.74) is 0.368. The molecule has 3 aliphatic rings. The number of aryl methyl sites for hydroxylation is 1. The van der Waals surface area contributed by atoms with E-state index in [1.807, 2.05) is 31.2 Å². The highest BCUT2D eigenvalue weighted by atomic mass is 16.5. The molecule has 162 valence electrons. The fraction of sp³-hybridized carbons (Fsp3) is 0.185. The number of hydrogen-bond acceptors (Lipinski definition) is 5. The van der Waals surface area contributed by atoms with E-state index in [9.17, 15) is 19.2 Å². The third-order valence-corrected chi connectivity index (χ3v) is 7.03. The molecule has 6 nitrogen and oxygen atoms in total. The zero-order valence-electron chi connectivity index (χ0n) is 17.7. The number of amides is 2. The van der Waals surface area contributed by atoms with E-state index in [1.165, 1.54) is 0 Å². The summed E-state index contributed by atoms with van der Waals surface area (Å²) in [6, 6.07) is 22.4. The van der Waals surface area contributed by atoms with Crippen LogP contribution in [0.4, 0.5) is 5.69 Å². The lowest BCUT2D eigenvalue weighted by Gasteiger charge is -2.27. The van der Waals surface area contributed by atoms with Crippen LogP contribution in [0.25, 0.3) is 0 Å². The van der Waals surface area contributed by atoms with Gasteiger partial charge in [0.15, 0.2) is 0 Å². The van der Waals surface area contributed by atoms with Gasteiger partial charge in [-0.25, -0.2) is 4.90 Å². The molecular weight excluding hydrogens is 418 g/mol. The van der Waals surface area contributed by atoms with Crippen LogP contribution in [0.5, 0.6) is 0 Å². The highest BCUT2D eigenvalue weighted by Crippen LogP contribution is 2.58. The number of anilines is 1. The topological polar surface area (TPSA) is 80.8 Å². The highest BCUT2D eigenvalue weighted by molar-refractivity contribution is 6.37. The highest BCUT2D eigenvalue weighted by Gasteiger charge is 2.74. The Morgan fingerprint density at radius 1 is 0.727 bits per heavy atom. The minimum atomic E-state index is -2.04. The molecule has 0 bridgehead atoms. The summed E-state index contributed by atoms with van der Waals surface area (Å²) < 4.78 is 6.31. The van der Waals surface area contributed by atoms with Crippen LogP contribution in [0.3, 0.4) is 0 Å². The Balaban J connectivity index is 1.57. The van der Waals surface area contributed by atoms with Crippen molar-refractivity contribution in [2.45, 2.75) is 18.6 Å². The van der Waals surface area contributed by atoms with Crippen LogP contribution in [-0.4, -0.2) is 29.0 Å². The third kappa shape index (κ3) is 2.41. The van der Waals surface area contributed by atoms with Gasteiger partial charge in [0.25, 0.3) is 0 Å². The van der Waals surface area contributed by atoms with Gasteiger partial charge in [-0.3, -0.25) is 19.2 Å². The number of benzene rings is 3. The molecule has 0 saturated carbocycles. The normalized spacial score (nSPS) is 25.1. The van der Waals surface area contributed by atoms with Gasteiger partial charge in [-0.15, -0.1) is 0 Å². The van der Waals surface area contributed by atoms with E-state index in [2.05, 4.69) is 0 Å². The molecule has 2 aliphatic heterocycles. The van der Waals surface area contributed by atoms with E-state index in [-0.39, 0.29) is 11.1 Å². The first-order chi connectivity index (χ1) is 16.0. The molecular formula is C27H19NO5. The number of Topliss-reactive ketones (excluding diaryl/α,β-unsaturated/α-hetero) is 2. The molecule has 2 saturated heterocycles. The number of carbonyl (C=O) groups is 4. The number of hydrogen-bond donors (Lipinski definition) is 0. The van der Waals surface area contributed by atoms with Crippen molar-refractivity contribution in [1.82, 2.24) is 0 Å². The third-order valence-electron chi connectivity index (χ3n) is 7.03. The number of fused-ring (bicyclic) bond motifs is 3. The second-order valence-electron chi connectivity index (χ2n) is 8.69. The smallest absolute Gasteiger partial charge is 0.241 e. The van der Waals surface area contributed by atoms with Crippen molar-refractivity contribution >= 4 is 29.1 Å². The molecule has 1 spiro atoms.